The molecule has 0 spiro atoms. The first-order valence-corrected chi connectivity index (χ1v) is 15.4. The third kappa shape index (κ3) is 6.47. The van der Waals surface area contributed by atoms with Crippen LogP contribution in [0.25, 0.3) is 33.2 Å². The lowest BCUT2D eigenvalue weighted by atomic mass is 9.98. The van der Waals surface area contributed by atoms with Gasteiger partial charge in [0.2, 0.25) is 10.0 Å². The zero-order valence-electron chi connectivity index (χ0n) is 24.5. The lowest BCUT2D eigenvalue weighted by molar-refractivity contribution is -0.384. The van der Waals surface area contributed by atoms with Crippen LogP contribution in [0.15, 0.2) is 100 Å². The van der Waals surface area contributed by atoms with Crippen molar-refractivity contribution in [3.8, 4) is 22.3 Å². The molecule has 5 aromatic rings. The number of carbonyl (C=O) groups is 2. The summed E-state index contributed by atoms with van der Waals surface area (Å²) in [5, 5.41) is 24.1. The van der Waals surface area contributed by atoms with Crippen LogP contribution in [0.3, 0.4) is 0 Å². The fourth-order valence-electron chi connectivity index (χ4n) is 5.01. The Balaban J connectivity index is 1.33. The van der Waals surface area contributed by atoms with E-state index in [9.17, 15) is 33.2 Å². The Hall–Kier alpha value is -5.33. The number of furan rings is 1. The Morgan fingerprint density at radius 3 is 2.11 bits per heavy atom. The van der Waals surface area contributed by atoms with Crippen LogP contribution in [0.1, 0.15) is 30.0 Å². The Morgan fingerprint density at radius 1 is 0.889 bits per heavy atom. The van der Waals surface area contributed by atoms with Crippen molar-refractivity contribution >= 4 is 44.2 Å². The Bertz CT molecular complexity index is 2030. The SMILES string of the molecule is Cc1c(C(=O)Nc2ccc(-c3ccc(S(=O)(=O)N[C@H](C(=O)O)C(C)C)cc3)cc2)oc2cccc(-c3cccc([N+](=O)[O-])c3)c12. The zero-order chi connectivity index (χ0) is 32.5. The number of carboxylic acids is 1. The molecule has 0 fully saturated rings. The maximum atomic E-state index is 13.2. The van der Waals surface area contributed by atoms with Crippen LogP contribution < -0.4 is 10.0 Å². The van der Waals surface area contributed by atoms with E-state index in [1.807, 2.05) is 6.07 Å². The van der Waals surface area contributed by atoms with E-state index in [1.54, 1.807) is 81.4 Å². The van der Waals surface area contributed by atoms with Gasteiger partial charge in [0.15, 0.2) is 5.76 Å². The molecule has 1 amide bonds. The number of aliphatic carboxylic acids is 1. The molecular formula is C33H29N3O8S. The van der Waals surface area contributed by atoms with Gasteiger partial charge in [-0.1, -0.05) is 62.4 Å². The number of aryl methyl sites for hydroxylation is 1. The van der Waals surface area contributed by atoms with Crippen molar-refractivity contribution < 1.29 is 32.5 Å². The van der Waals surface area contributed by atoms with Crippen molar-refractivity contribution in [2.75, 3.05) is 5.32 Å². The Kier molecular flexibility index (Phi) is 8.53. The van der Waals surface area contributed by atoms with E-state index < -0.39 is 38.8 Å². The summed E-state index contributed by atoms with van der Waals surface area (Å²) in [5.41, 5.74) is 4.33. The summed E-state index contributed by atoms with van der Waals surface area (Å²) >= 11 is 0. The van der Waals surface area contributed by atoms with E-state index in [4.69, 9.17) is 4.42 Å². The average molecular weight is 628 g/mol. The minimum atomic E-state index is -4.05. The number of carbonyl (C=O) groups excluding carboxylic acids is 1. The monoisotopic (exact) mass is 627 g/mol. The van der Waals surface area contributed by atoms with Crippen LogP contribution in [0.2, 0.25) is 0 Å². The van der Waals surface area contributed by atoms with Crippen LogP contribution in [-0.4, -0.2) is 36.4 Å². The third-order valence-electron chi connectivity index (χ3n) is 7.38. The number of benzene rings is 4. The number of non-ortho nitro benzene ring substituents is 1. The van der Waals surface area contributed by atoms with Crippen LogP contribution in [-0.2, 0) is 14.8 Å². The second kappa shape index (κ2) is 12.3. The minimum absolute atomic E-state index is 0.0411. The van der Waals surface area contributed by atoms with E-state index >= 15 is 0 Å². The second-order valence-electron chi connectivity index (χ2n) is 10.8. The predicted octanol–water partition coefficient (Wildman–Crippen LogP) is 6.62. The van der Waals surface area contributed by atoms with Gasteiger partial charge < -0.3 is 14.8 Å². The van der Waals surface area contributed by atoms with Crippen molar-refractivity contribution in [2.45, 2.75) is 31.7 Å². The maximum Gasteiger partial charge on any atom is 0.322 e. The highest BCUT2D eigenvalue weighted by Crippen LogP contribution is 2.36. The standard InChI is InChI=1S/C33H29N3O8S/c1-19(2)30(33(38)39)35-45(42,43)26-16-12-22(13-17-26)21-10-14-24(15-11-21)34-32(37)31-20(3)29-27(8-5-9-28(29)44-31)23-6-4-7-25(18-23)36(40)41/h4-19,30,35H,1-3H3,(H,34,37)(H,38,39)/t30-/m0/s1. The number of nitrogens with zero attached hydrogens (tertiary/aromatic N) is 1. The fraction of sp³-hybridized carbons (Fsp3) is 0.152. The number of sulfonamides is 1. The molecule has 3 N–H and O–H groups in total. The Labute approximate surface area is 258 Å². The first kappa shape index (κ1) is 31.1. The average Bonchev–Trinajstić information content (AvgIpc) is 3.36. The highest BCUT2D eigenvalue weighted by atomic mass is 32.2. The van der Waals surface area contributed by atoms with Crippen molar-refractivity contribution in [1.82, 2.24) is 4.72 Å². The van der Waals surface area contributed by atoms with E-state index in [1.165, 1.54) is 24.3 Å². The first-order valence-electron chi connectivity index (χ1n) is 13.9. The van der Waals surface area contributed by atoms with Gasteiger partial charge in [-0.15, -0.1) is 0 Å². The highest BCUT2D eigenvalue weighted by Gasteiger charge is 2.28. The number of nitro groups is 1. The number of nitrogens with one attached hydrogen (secondary N) is 2. The van der Waals surface area contributed by atoms with Gasteiger partial charge in [0.25, 0.3) is 11.6 Å². The summed E-state index contributed by atoms with van der Waals surface area (Å²) in [4.78, 5) is 35.5. The number of hydrogen-bond donors (Lipinski definition) is 3. The molecule has 0 saturated carbocycles. The van der Waals surface area contributed by atoms with Crippen molar-refractivity contribution in [3.63, 3.8) is 0 Å². The maximum absolute atomic E-state index is 13.2. The van der Waals surface area contributed by atoms with Crippen LogP contribution >= 0.6 is 0 Å². The number of anilines is 1. The molecule has 0 unspecified atom stereocenters. The van der Waals surface area contributed by atoms with Gasteiger partial charge in [-0.2, -0.15) is 4.72 Å². The molecule has 0 bridgehead atoms. The second-order valence-corrected chi connectivity index (χ2v) is 12.5. The summed E-state index contributed by atoms with van der Waals surface area (Å²) in [6, 6.07) is 23.3. The molecule has 0 aliphatic heterocycles. The molecule has 0 aliphatic rings. The molecule has 1 aromatic heterocycles. The molecular weight excluding hydrogens is 598 g/mol. The smallest absolute Gasteiger partial charge is 0.322 e. The molecule has 12 heteroatoms. The van der Waals surface area contributed by atoms with Gasteiger partial charge in [0.1, 0.15) is 11.6 Å². The highest BCUT2D eigenvalue weighted by molar-refractivity contribution is 7.89. The first-order chi connectivity index (χ1) is 21.4. The van der Waals surface area contributed by atoms with E-state index in [0.717, 1.165) is 5.56 Å². The van der Waals surface area contributed by atoms with Gasteiger partial charge in [0, 0.05) is 28.8 Å². The van der Waals surface area contributed by atoms with Gasteiger partial charge >= 0.3 is 5.97 Å². The minimum Gasteiger partial charge on any atom is -0.480 e. The molecule has 1 heterocycles. The number of hydrogen-bond acceptors (Lipinski definition) is 7. The quantitative estimate of drug-likeness (QED) is 0.115. The largest absolute Gasteiger partial charge is 0.480 e. The van der Waals surface area contributed by atoms with Crippen LogP contribution in [0.4, 0.5) is 11.4 Å². The molecule has 4 aromatic carbocycles. The number of fused-ring (bicyclic) bond motifs is 1. The molecule has 0 aliphatic carbocycles. The predicted molar refractivity (Wildman–Crippen MR) is 169 cm³/mol. The normalized spacial score (nSPS) is 12.3. The topological polar surface area (TPSA) is 169 Å². The van der Waals surface area contributed by atoms with Crippen LogP contribution in [0.5, 0.6) is 0 Å². The van der Waals surface area contributed by atoms with E-state index in [-0.39, 0.29) is 16.3 Å². The van der Waals surface area contributed by atoms with Gasteiger partial charge in [-0.25, -0.2) is 8.42 Å². The van der Waals surface area contributed by atoms with Crippen molar-refractivity contribution in [1.29, 1.82) is 0 Å². The summed E-state index contributed by atoms with van der Waals surface area (Å²) in [6.07, 6.45) is 0. The number of nitro benzene ring substituents is 1. The molecule has 0 radical (unpaired) electrons. The fourth-order valence-corrected chi connectivity index (χ4v) is 6.35. The number of carboxylic acid groups (broad SMARTS) is 1. The summed E-state index contributed by atoms with van der Waals surface area (Å²) in [7, 11) is -4.05. The summed E-state index contributed by atoms with van der Waals surface area (Å²) in [5.74, 6) is -2.05. The molecule has 0 saturated heterocycles. The molecule has 230 valence electrons. The number of rotatable bonds is 10. The van der Waals surface area contributed by atoms with Crippen molar-refractivity contribution in [3.05, 3.63) is 112 Å². The summed E-state index contributed by atoms with van der Waals surface area (Å²) < 4.78 is 33.6. The third-order valence-corrected chi connectivity index (χ3v) is 8.84. The van der Waals surface area contributed by atoms with Gasteiger partial charge in [0.05, 0.1) is 9.82 Å². The molecule has 11 nitrogen and oxygen atoms in total. The molecule has 5 rings (SSSR count). The van der Waals surface area contributed by atoms with E-state index in [0.29, 0.717) is 38.9 Å². The summed E-state index contributed by atoms with van der Waals surface area (Å²) in [6.45, 7) is 5.00. The Morgan fingerprint density at radius 2 is 1.51 bits per heavy atom. The van der Waals surface area contributed by atoms with Crippen LogP contribution in [0, 0.1) is 23.0 Å². The van der Waals surface area contributed by atoms with Gasteiger partial charge in [-0.05, 0) is 65.4 Å². The number of amides is 1. The van der Waals surface area contributed by atoms with E-state index in [2.05, 4.69) is 10.0 Å². The molecule has 45 heavy (non-hydrogen) atoms. The van der Waals surface area contributed by atoms with Gasteiger partial charge in [-0.3, -0.25) is 19.7 Å². The lowest BCUT2D eigenvalue weighted by Gasteiger charge is -2.18. The lowest BCUT2D eigenvalue weighted by Crippen LogP contribution is -2.44. The van der Waals surface area contributed by atoms with Crippen molar-refractivity contribution in [2.24, 2.45) is 5.92 Å². The zero-order valence-corrected chi connectivity index (χ0v) is 25.3. The molecule has 1 atom stereocenters.